The number of aryl methyl sites for hydroxylation is 2. The zero-order valence-corrected chi connectivity index (χ0v) is 14.8. The van der Waals surface area contributed by atoms with Gasteiger partial charge in [-0.1, -0.05) is 6.07 Å². The van der Waals surface area contributed by atoms with Gasteiger partial charge in [-0.2, -0.15) is 0 Å². The van der Waals surface area contributed by atoms with E-state index in [1.807, 2.05) is 11.5 Å². The Morgan fingerprint density at radius 1 is 1.24 bits per heavy atom. The Kier molecular flexibility index (Phi) is 3.57. The standard InChI is InChI=1S/C16H18N4O4S/c1-10-17-18-15(20(10)12-4-5-12)9-25(22,23)8-11-3-6-13-14(7-11)24-16(21)19(13)2/h3,6-7,12H,4-5,8-9H2,1-2H3. The van der Waals surface area contributed by atoms with Crippen molar-refractivity contribution in [3.05, 3.63) is 46.0 Å². The lowest BCUT2D eigenvalue weighted by atomic mass is 10.2. The topological polar surface area (TPSA) is 100.0 Å². The first-order chi connectivity index (χ1) is 11.8. The quantitative estimate of drug-likeness (QED) is 0.681. The van der Waals surface area contributed by atoms with Crippen molar-refractivity contribution in [3.8, 4) is 0 Å². The molecule has 0 aliphatic heterocycles. The molecule has 2 aromatic heterocycles. The summed E-state index contributed by atoms with van der Waals surface area (Å²) in [5, 5.41) is 8.06. The first kappa shape index (κ1) is 16.1. The van der Waals surface area contributed by atoms with Crippen molar-refractivity contribution in [1.82, 2.24) is 19.3 Å². The molecule has 0 spiro atoms. The molecular formula is C16H18N4O4S. The van der Waals surface area contributed by atoms with Crippen molar-refractivity contribution in [2.45, 2.75) is 37.3 Å². The monoisotopic (exact) mass is 362 g/mol. The van der Waals surface area contributed by atoms with Crippen LogP contribution < -0.4 is 5.76 Å². The number of aromatic nitrogens is 4. The summed E-state index contributed by atoms with van der Waals surface area (Å²) in [4.78, 5) is 11.5. The minimum Gasteiger partial charge on any atom is -0.408 e. The van der Waals surface area contributed by atoms with E-state index in [9.17, 15) is 13.2 Å². The number of benzene rings is 1. The summed E-state index contributed by atoms with van der Waals surface area (Å²) in [6, 6.07) is 5.33. The number of fused-ring (bicyclic) bond motifs is 1. The molecule has 0 unspecified atom stereocenters. The van der Waals surface area contributed by atoms with E-state index in [4.69, 9.17) is 4.42 Å². The highest BCUT2D eigenvalue weighted by Gasteiger charge is 2.30. The highest BCUT2D eigenvalue weighted by atomic mass is 32.2. The Morgan fingerprint density at radius 3 is 2.72 bits per heavy atom. The molecule has 25 heavy (non-hydrogen) atoms. The summed E-state index contributed by atoms with van der Waals surface area (Å²) in [7, 11) is -1.82. The van der Waals surface area contributed by atoms with Crippen molar-refractivity contribution in [1.29, 1.82) is 0 Å². The molecule has 1 fully saturated rings. The molecule has 0 atom stereocenters. The van der Waals surface area contributed by atoms with E-state index < -0.39 is 15.6 Å². The molecule has 0 amide bonds. The van der Waals surface area contributed by atoms with Crippen molar-refractivity contribution < 1.29 is 12.8 Å². The Labute approximate surface area is 144 Å². The van der Waals surface area contributed by atoms with Gasteiger partial charge >= 0.3 is 5.76 Å². The molecule has 1 aliphatic rings. The van der Waals surface area contributed by atoms with Gasteiger partial charge in [0, 0.05) is 13.1 Å². The first-order valence-corrected chi connectivity index (χ1v) is 9.85. The second kappa shape index (κ2) is 5.55. The van der Waals surface area contributed by atoms with Gasteiger partial charge in [0.2, 0.25) is 0 Å². The highest BCUT2D eigenvalue weighted by molar-refractivity contribution is 7.89. The van der Waals surface area contributed by atoms with E-state index in [2.05, 4.69) is 10.2 Å². The summed E-state index contributed by atoms with van der Waals surface area (Å²) in [5.74, 6) is 0.481. The van der Waals surface area contributed by atoms with Gasteiger partial charge in [0.15, 0.2) is 15.4 Å². The number of hydrogen-bond donors (Lipinski definition) is 0. The zero-order chi connectivity index (χ0) is 17.8. The normalized spacial score (nSPS) is 15.1. The molecule has 1 saturated carbocycles. The lowest BCUT2D eigenvalue weighted by molar-refractivity contribution is 0.528. The fraction of sp³-hybridized carbons (Fsp3) is 0.438. The third-order valence-corrected chi connectivity index (χ3v) is 5.91. The Balaban J connectivity index is 1.60. The van der Waals surface area contributed by atoms with Crippen molar-refractivity contribution >= 4 is 20.9 Å². The molecule has 9 heteroatoms. The molecule has 3 aromatic rings. The number of hydrogen-bond acceptors (Lipinski definition) is 6. The van der Waals surface area contributed by atoms with Gasteiger partial charge in [-0.15, -0.1) is 10.2 Å². The molecule has 0 N–H and O–H groups in total. The Hall–Kier alpha value is -2.42. The molecule has 1 aliphatic carbocycles. The summed E-state index contributed by atoms with van der Waals surface area (Å²) >= 11 is 0. The van der Waals surface area contributed by atoms with E-state index in [0.717, 1.165) is 18.7 Å². The maximum Gasteiger partial charge on any atom is 0.419 e. The predicted molar refractivity (Wildman–Crippen MR) is 90.8 cm³/mol. The third kappa shape index (κ3) is 2.99. The number of rotatable bonds is 5. The minimum absolute atomic E-state index is 0.141. The molecule has 1 aromatic carbocycles. The van der Waals surface area contributed by atoms with Crippen LogP contribution in [0.25, 0.3) is 11.1 Å². The molecule has 4 rings (SSSR count). The van der Waals surface area contributed by atoms with Crippen LogP contribution in [-0.2, 0) is 28.4 Å². The molecule has 2 heterocycles. The second-order valence-electron chi connectivity index (χ2n) is 6.53. The second-order valence-corrected chi connectivity index (χ2v) is 8.59. The largest absolute Gasteiger partial charge is 0.419 e. The van der Waals surface area contributed by atoms with Crippen LogP contribution in [0.1, 0.15) is 36.1 Å². The van der Waals surface area contributed by atoms with E-state index in [1.165, 1.54) is 4.57 Å². The smallest absolute Gasteiger partial charge is 0.408 e. The van der Waals surface area contributed by atoms with Gasteiger partial charge in [-0.05, 0) is 37.5 Å². The maximum absolute atomic E-state index is 12.6. The average molecular weight is 362 g/mol. The molecule has 132 valence electrons. The summed E-state index contributed by atoms with van der Waals surface area (Å²) in [6.07, 6.45) is 2.07. The van der Waals surface area contributed by atoms with Crippen molar-refractivity contribution in [2.75, 3.05) is 0 Å². The number of oxazole rings is 1. The highest BCUT2D eigenvalue weighted by Crippen LogP contribution is 2.36. The van der Waals surface area contributed by atoms with Crippen LogP contribution in [0, 0.1) is 6.92 Å². The SMILES string of the molecule is Cc1nnc(CS(=O)(=O)Cc2ccc3c(c2)oc(=O)n3C)n1C1CC1. The van der Waals surface area contributed by atoms with Crippen LogP contribution in [-0.4, -0.2) is 27.7 Å². The minimum atomic E-state index is -3.42. The van der Waals surface area contributed by atoms with Crippen LogP contribution in [0.3, 0.4) is 0 Å². The van der Waals surface area contributed by atoms with Crippen molar-refractivity contribution in [2.24, 2.45) is 7.05 Å². The molecule has 0 saturated heterocycles. The predicted octanol–water partition coefficient (Wildman–Crippen LogP) is 1.48. The fourth-order valence-corrected chi connectivity index (χ4v) is 4.47. The number of nitrogens with zero attached hydrogens (tertiary/aromatic N) is 4. The summed E-state index contributed by atoms with van der Waals surface area (Å²) < 4.78 is 33.6. The van der Waals surface area contributed by atoms with Crippen LogP contribution in [0.2, 0.25) is 0 Å². The summed E-state index contributed by atoms with van der Waals surface area (Å²) in [6.45, 7) is 1.84. The first-order valence-electron chi connectivity index (χ1n) is 8.03. The van der Waals surface area contributed by atoms with E-state index in [0.29, 0.717) is 28.5 Å². The van der Waals surface area contributed by atoms with E-state index in [-0.39, 0.29) is 11.5 Å². The van der Waals surface area contributed by atoms with Gasteiger partial charge in [0.05, 0.1) is 11.3 Å². The molecule has 0 bridgehead atoms. The van der Waals surface area contributed by atoms with Gasteiger partial charge in [0.1, 0.15) is 17.4 Å². The van der Waals surface area contributed by atoms with Crippen LogP contribution in [0.5, 0.6) is 0 Å². The van der Waals surface area contributed by atoms with E-state index in [1.54, 1.807) is 25.2 Å². The van der Waals surface area contributed by atoms with Gasteiger partial charge in [0.25, 0.3) is 0 Å². The molecule has 0 radical (unpaired) electrons. The Bertz CT molecular complexity index is 1120. The van der Waals surface area contributed by atoms with Crippen molar-refractivity contribution in [3.63, 3.8) is 0 Å². The summed E-state index contributed by atoms with van der Waals surface area (Å²) in [5.41, 5.74) is 1.60. The third-order valence-electron chi connectivity index (χ3n) is 4.44. The Morgan fingerprint density at radius 2 is 2.00 bits per heavy atom. The van der Waals surface area contributed by atoms with Gasteiger partial charge < -0.3 is 8.98 Å². The lowest BCUT2D eigenvalue weighted by Gasteiger charge is -2.08. The number of sulfone groups is 1. The van der Waals surface area contributed by atoms with Crippen LogP contribution >= 0.6 is 0 Å². The molecule has 8 nitrogen and oxygen atoms in total. The van der Waals surface area contributed by atoms with Crippen LogP contribution in [0.4, 0.5) is 0 Å². The van der Waals surface area contributed by atoms with Crippen LogP contribution in [0.15, 0.2) is 27.4 Å². The average Bonchev–Trinajstić information content (AvgIpc) is 3.24. The van der Waals surface area contributed by atoms with E-state index >= 15 is 0 Å². The van der Waals surface area contributed by atoms with Gasteiger partial charge in [-0.3, -0.25) is 4.57 Å². The zero-order valence-electron chi connectivity index (χ0n) is 14.0. The van der Waals surface area contributed by atoms with Gasteiger partial charge in [-0.25, -0.2) is 13.2 Å². The lowest BCUT2D eigenvalue weighted by Crippen LogP contribution is -2.13. The maximum atomic E-state index is 12.6. The molecular weight excluding hydrogens is 344 g/mol. The fourth-order valence-electron chi connectivity index (χ4n) is 3.09.